The molecule has 1 amide bonds. The molecule has 0 aliphatic carbocycles. The maximum Gasteiger partial charge on any atom is 0.247 e. The molecule has 2 aromatic carbocycles. The summed E-state index contributed by atoms with van der Waals surface area (Å²) < 4.78 is 57.4. The second-order valence-electron chi connectivity index (χ2n) is 7.04. The third-order valence-corrected chi connectivity index (χ3v) is 8.19. The summed E-state index contributed by atoms with van der Waals surface area (Å²) in [5.74, 6) is -0.00958. The number of carbonyl (C=O) groups is 1. The lowest BCUT2D eigenvalue weighted by atomic mass is 10.2. The first-order chi connectivity index (χ1) is 14.9. The Morgan fingerprint density at radius 1 is 0.969 bits per heavy atom. The standard InChI is InChI=1S/C21H29N3O6S2/c1-6-23(7-2)32(28,29)20-14-8-17(9-15-20)22-21(25)16(3)24(31(5,26)27)18-10-12-19(30-4)13-11-18/h8-16H,6-7H2,1-5H3,(H,22,25)/t16-/m0/s1. The first-order valence-corrected chi connectivity index (χ1v) is 13.3. The van der Waals surface area contributed by atoms with Gasteiger partial charge in [-0.25, -0.2) is 16.8 Å². The van der Waals surface area contributed by atoms with Crippen molar-refractivity contribution in [2.45, 2.75) is 31.7 Å². The quantitative estimate of drug-likeness (QED) is 0.556. The lowest BCUT2D eigenvalue weighted by molar-refractivity contribution is -0.116. The zero-order chi connectivity index (χ0) is 24.1. The Kier molecular flexibility index (Phi) is 8.27. The molecule has 0 saturated carbocycles. The molecule has 11 heteroatoms. The summed E-state index contributed by atoms with van der Waals surface area (Å²) in [6.45, 7) is 5.68. The van der Waals surface area contributed by atoms with Crippen molar-refractivity contribution in [3.8, 4) is 5.75 Å². The number of carbonyl (C=O) groups excluding carboxylic acids is 1. The minimum absolute atomic E-state index is 0.114. The van der Waals surface area contributed by atoms with E-state index in [9.17, 15) is 21.6 Å². The highest BCUT2D eigenvalue weighted by atomic mass is 32.2. The summed E-state index contributed by atoms with van der Waals surface area (Å²) in [6, 6.07) is 11.0. The van der Waals surface area contributed by atoms with Crippen molar-refractivity contribution in [3.05, 3.63) is 48.5 Å². The van der Waals surface area contributed by atoms with E-state index in [0.717, 1.165) is 10.6 Å². The average Bonchev–Trinajstić information content (AvgIpc) is 2.74. The summed E-state index contributed by atoms with van der Waals surface area (Å²) in [5, 5.41) is 2.64. The number of hydrogen-bond acceptors (Lipinski definition) is 6. The van der Waals surface area contributed by atoms with Crippen molar-refractivity contribution in [1.29, 1.82) is 0 Å². The number of hydrogen-bond donors (Lipinski definition) is 1. The predicted molar refractivity (Wildman–Crippen MR) is 125 cm³/mol. The SMILES string of the molecule is CCN(CC)S(=O)(=O)c1ccc(NC(=O)[C@H](C)N(c2ccc(OC)cc2)S(C)(=O)=O)cc1. The smallest absolute Gasteiger partial charge is 0.247 e. The molecule has 32 heavy (non-hydrogen) atoms. The minimum atomic E-state index is -3.77. The van der Waals surface area contributed by atoms with Crippen molar-refractivity contribution in [1.82, 2.24) is 4.31 Å². The number of benzene rings is 2. The van der Waals surface area contributed by atoms with Gasteiger partial charge in [-0.15, -0.1) is 0 Å². The number of amides is 1. The Morgan fingerprint density at radius 3 is 1.94 bits per heavy atom. The Hall–Kier alpha value is -2.63. The normalized spacial score (nSPS) is 12.9. The molecule has 0 aliphatic rings. The number of rotatable bonds is 10. The zero-order valence-electron chi connectivity index (χ0n) is 18.8. The van der Waals surface area contributed by atoms with Gasteiger partial charge in [0.25, 0.3) is 0 Å². The summed E-state index contributed by atoms with van der Waals surface area (Å²) in [7, 11) is -5.89. The largest absolute Gasteiger partial charge is 0.497 e. The first-order valence-electron chi connectivity index (χ1n) is 10.00. The predicted octanol–water partition coefficient (Wildman–Crippen LogP) is 2.52. The number of nitrogens with one attached hydrogen (secondary N) is 1. The van der Waals surface area contributed by atoms with Gasteiger partial charge in [-0.3, -0.25) is 9.10 Å². The number of ether oxygens (including phenoxy) is 1. The molecular formula is C21H29N3O6S2. The van der Waals surface area contributed by atoms with Gasteiger partial charge >= 0.3 is 0 Å². The summed E-state index contributed by atoms with van der Waals surface area (Å²) in [4.78, 5) is 12.9. The molecule has 0 spiro atoms. The maximum absolute atomic E-state index is 12.8. The van der Waals surface area contributed by atoms with Crippen LogP contribution in [0.3, 0.4) is 0 Å². The van der Waals surface area contributed by atoms with E-state index < -0.39 is 32.0 Å². The van der Waals surface area contributed by atoms with Crippen LogP contribution < -0.4 is 14.4 Å². The Bertz CT molecular complexity index is 1130. The van der Waals surface area contributed by atoms with Crippen LogP contribution in [0.15, 0.2) is 53.4 Å². The molecule has 1 N–H and O–H groups in total. The fraction of sp³-hybridized carbons (Fsp3) is 0.381. The van der Waals surface area contributed by atoms with E-state index in [-0.39, 0.29) is 4.90 Å². The second-order valence-corrected chi connectivity index (χ2v) is 10.8. The molecule has 176 valence electrons. The lowest BCUT2D eigenvalue weighted by Gasteiger charge is -2.28. The van der Waals surface area contributed by atoms with Crippen LogP contribution in [0.2, 0.25) is 0 Å². The van der Waals surface area contributed by atoms with E-state index in [1.54, 1.807) is 38.1 Å². The number of nitrogens with zero attached hydrogens (tertiary/aromatic N) is 2. The van der Waals surface area contributed by atoms with Crippen LogP contribution in [0, 0.1) is 0 Å². The minimum Gasteiger partial charge on any atom is -0.497 e. The van der Waals surface area contributed by atoms with Crippen molar-refractivity contribution in [3.63, 3.8) is 0 Å². The van der Waals surface area contributed by atoms with Gasteiger partial charge in [0.2, 0.25) is 26.0 Å². The van der Waals surface area contributed by atoms with Crippen LogP contribution in [0.4, 0.5) is 11.4 Å². The first kappa shape index (κ1) is 25.6. The van der Waals surface area contributed by atoms with E-state index >= 15 is 0 Å². The molecule has 1 atom stereocenters. The molecule has 0 bridgehead atoms. The van der Waals surface area contributed by atoms with E-state index in [1.807, 2.05) is 0 Å². The monoisotopic (exact) mass is 483 g/mol. The van der Waals surface area contributed by atoms with Crippen molar-refractivity contribution in [2.75, 3.05) is 36.1 Å². The number of methoxy groups -OCH3 is 1. The van der Waals surface area contributed by atoms with Gasteiger partial charge < -0.3 is 10.1 Å². The highest BCUT2D eigenvalue weighted by molar-refractivity contribution is 7.92. The van der Waals surface area contributed by atoms with Gasteiger partial charge in [0.05, 0.1) is 23.9 Å². The third-order valence-electron chi connectivity index (χ3n) is 4.88. The molecule has 0 saturated heterocycles. The van der Waals surface area contributed by atoms with Crippen LogP contribution in [0.5, 0.6) is 5.75 Å². The highest BCUT2D eigenvalue weighted by Crippen LogP contribution is 2.25. The zero-order valence-corrected chi connectivity index (χ0v) is 20.4. The molecule has 0 aliphatic heterocycles. The Labute approximate surface area is 190 Å². The van der Waals surface area contributed by atoms with Gasteiger partial charge in [-0.1, -0.05) is 13.8 Å². The molecule has 2 aromatic rings. The molecule has 0 fully saturated rings. The van der Waals surface area contributed by atoms with E-state index in [1.165, 1.54) is 42.6 Å². The van der Waals surface area contributed by atoms with Crippen LogP contribution in [-0.2, 0) is 24.8 Å². The molecule has 2 rings (SSSR count). The van der Waals surface area contributed by atoms with Crippen LogP contribution in [0.25, 0.3) is 0 Å². The highest BCUT2D eigenvalue weighted by Gasteiger charge is 2.29. The van der Waals surface area contributed by atoms with E-state index in [4.69, 9.17) is 4.74 Å². The van der Waals surface area contributed by atoms with Gasteiger partial charge in [0.1, 0.15) is 11.8 Å². The maximum atomic E-state index is 12.8. The molecular weight excluding hydrogens is 454 g/mol. The van der Waals surface area contributed by atoms with E-state index in [2.05, 4.69) is 5.32 Å². The van der Waals surface area contributed by atoms with Crippen LogP contribution >= 0.6 is 0 Å². The van der Waals surface area contributed by atoms with Gasteiger partial charge in [0, 0.05) is 18.8 Å². The van der Waals surface area contributed by atoms with Crippen molar-refractivity contribution in [2.24, 2.45) is 0 Å². The number of anilines is 2. The van der Waals surface area contributed by atoms with Gasteiger partial charge in [-0.05, 0) is 55.5 Å². The molecule has 0 aromatic heterocycles. The topological polar surface area (TPSA) is 113 Å². The fourth-order valence-corrected chi connectivity index (χ4v) is 5.84. The molecule has 0 radical (unpaired) electrons. The van der Waals surface area contributed by atoms with Crippen molar-refractivity contribution < 1.29 is 26.4 Å². The Balaban J connectivity index is 2.24. The summed E-state index contributed by atoms with van der Waals surface area (Å²) in [6.07, 6.45) is 1.02. The van der Waals surface area contributed by atoms with Gasteiger partial charge in [0.15, 0.2) is 0 Å². The Morgan fingerprint density at radius 2 is 1.50 bits per heavy atom. The fourth-order valence-electron chi connectivity index (χ4n) is 3.21. The number of sulfonamides is 2. The van der Waals surface area contributed by atoms with Crippen molar-refractivity contribution >= 4 is 37.3 Å². The molecule has 9 nitrogen and oxygen atoms in total. The summed E-state index contributed by atoms with van der Waals surface area (Å²) in [5.41, 5.74) is 0.667. The van der Waals surface area contributed by atoms with Gasteiger partial charge in [-0.2, -0.15) is 4.31 Å². The molecule has 0 unspecified atom stereocenters. The average molecular weight is 484 g/mol. The second kappa shape index (κ2) is 10.3. The van der Waals surface area contributed by atoms with E-state index in [0.29, 0.717) is 30.2 Å². The van der Waals surface area contributed by atoms with Crippen LogP contribution in [-0.4, -0.2) is 59.5 Å². The third kappa shape index (κ3) is 5.78. The summed E-state index contributed by atoms with van der Waals surface area (Å²) >= 11 is 0. The van der Waals surface area contributed by atoms with Crippen LogP contribution in [0.1, 0.15) is 20.8 Å². The molecule has 0 heterocycles. The lowest BCUT2D eigenvalue weighted by Crippen LogP contribution is -2.45.